The molecule has 57 heavy (non-hydrogen) atoms. The standard InChI is InChI=1S/C44H57N3O9S/c1-5-54-32-10-11-35-28(18-32)12-15-45-40(35)56-34-21-37-38(48)24-44(42(51)46-57(52,53)43(4)13-14-43)23-31(44)9-7-6-8-26(2)16-27(3)36(41(50)47(37)25-34)22-39(49)55-33-19-29-17-30(29)20-33/h7,9-12,15,18,26-27,29-31,33-34,36-37H,5-6,8,13-14,16-17,19-25H2,1-4H3,(H,46,51)/b9-7-/t26-,27+,29-,30+,31+,33?,34+,36-,37-,44+/m0/s1. The third kappa shape index (κ3) is 8.19. The Hall–Kier alpha value is -4.00. The van der Waals surface area contributed by atoms with Gasteiger partial charge in [0, 0.05) is 24.4 Å². The number of fused-ring (bicyclic) bond motifs is 4. The molecule has 3 heterocycles. The maximum absolute atomic E-state index is 15.0. The molecule has 4 aliphatic carbocycles. The van der Waals surface area contributed by atoms with Gasteiger partial charge >= 0.3 is 5.97 Å². The lowest BCUT2D eigenvalue weighted by Gasteiger charge is -2.32. The van der Waals surface area contributed by atoms with Crippen molar-refractivity contribution in [2.45, 2.75) is 128 Å². The number of nitrogens with one attached hydrogen (secondary N) is 1. The molecule has 10 atom stereocenters. The largest absolute Gasteiger partial charge is 0.494 e. The van der Waals surface area contributed by atoms with Crippen molar-refractivity contribution < 1.29 is 41.8 Å². The van der Waals surface area contributed by atoms with Gasteiger partial charge in [0.15, 0.2) is 5.78 Å². The smallest absolute Gasteiger partial charge is 0.306 e. The summed E-state index contributed by atoms with van der Waals surface area (Å²) < 4.78 is 46.1. The number of nitrogens with zero attached hydrogens (tertiary/aromatic N) is 2. The quantitative estimate of drug-likeness (QED) is 0.213. The molecule has 4 saturated carbocycles. The Labute approximate surface area is 335 Å². The molecule has 8 rings (SSSR count). The van der Waals surface area contributed by atoms with Gasteiger partial charge in [0.05, 0.1) is 41.7 Å². The molecule has 2 amide bonds. The summed E-state index contributed by atoms with van der Waals surface area (Å²) in [6.07, 6.45) is 11.3. The highest BCUT2D eigenvalue weighted by molar-refractivity contribution is 7.91. The summed E-state index contributed by atoms with van der Waals surface area (Å²) in [7, 11) is -3.94. The number of benzene rings is 1. The number of carbonyl (C=O) groups is 4. The van der Waals surface area contributed by atoms with Gasteiger partial charge in [-0.05, 0) is 131 Å². The molecule has 1 aromatic carbocycles. The molecular weight excluding hydrogens is 747 g/mol. The SMILES string of the molecule is CCOc1ccc2c(O[C@@H]3C[C@H]4C(=O)C[C@]5(C(=O)NS(=O)(=O)C6(C)CC6)C[C@H]5/C=C\CC[C@H](C)C[C@@H](C)[C@H](CC(=O)OC5C[C@@H]6C[C@@H]6C5)C(=O)N4C3)nccc2c1. The van der Waals surface area contributed by atoms with E-state index in [0.29, 0.717) is 55.8 Å². The first kappa shape index (κ1) is 39.8. The average molecular weight is 804 g/mol. The average Bonchev–Trinajstić information content (AvgIpc) is 4.12. The molecule has 0 spiro atoms. The van der Waals surface area contributed by atoms with Gasteiger partial charge in [-0.15, -0.1) is 0 Å². The Balaban J connectivity index is 1.09. The van der Waals surface area contributed by atoms with E-state index in [2.05, 4.69) is 16.6 Å². The van der Waals surface area contributed by atoms with Crippen molar-refractivity contribution >= 4 is 44.4 Å². The Bertz CT molecular complexity index is 2060. The second kappa shape index (κ2) is 15.3. The fourth-order valence-corrected chi connectivity index (χ4v) is 11.2. The number of pyridine rings is 1. The highest BCUT2D eigenvalue weighted by Crippen LogP contribution is 2.58. The van der Waals surface area contributed by atoms with Crippen molar-refractivity contribution in [1.82, 2.24) is 14.6 Å². The van der Waals surface area contributed by atoms with Gasteiger partial charge in [0.2, 0.25) is 27.7 Å². The minimum absolute atomic E-state index is 0.0827. The monoisotopic (exact) mass is 803 g/mol. The van der Waals surface area contributed by atoms with Crippen molar-refractivity contribution in [3.63, 3.8) is 0 Å². The van der Waals surface area contributed by atoms with Crippen molar-refractivity contribution in [2.75, 3.05) is 13.2 Å². The first-order valence-corrected chi connectivity index (χ1v) is 22.6. The van der Waals surface area contributed by atoms with E-state index in [1.807, 2.05) is 50.3 Å². The van der Waals surface area contributed by atoms with E-state index in [9.17, 15) is 27.6 Å². The van der Waals surface area contributed by atoms with Crippen molar-refractivity contribution in [2.24, 2.45) is 40.9 Å². The molecular formula is C44H57N3O9S. The highest BCUT2D eigenvalue weighted by Gasteiger charge is 2.63. The van der Waals surface area contributed by atoms with Gasteiger partial charge in [0.1, 0.15) is 18.0 Å². The van der Waals surface area contributed by atoms with Gasteiger partial charge in [-0.3, -0.25) is 23.9 Å². The van der Waals surface area contributed by atoms with Crippen molar-refractivity contribution in [3.8, 4) is 11.6 Å². The first-order valence-electron chi connectivity index (χ1n) is 21.1. The Morgan fingerprint density at radius 2 is 1.79 bits per heavy atom. The number of rotatable bonds is 10. The second-order valence-corrected chi connectivity index (χ2v) is 20.6. The predicted molar refractivity (Wildman–Crippen MR) is 212 cm³/mol. The molecule has 0 bridgehead atoms. The number of hydrogen-bond acceptors (Lipinski definition) is 10. The summed E-state index contributed by atoms with van der Waals surface area (Å²) in [6, 6.07) is 6.55. The maximum Gasteiger partial charge on any atom is 0.306 e. The van der Waals surface area contributed by atoms with Gasteiger partial charge < -0.3 is 19.1 Å². The van der Waals surface area contributed by atoms with Crippen LogP contribution in [0.25, 0.3) is 10.8 Å². The van der Waals surface area contributed by atoms with Crippen LogP contribution in [0.15, 0.2) is 42.6 Å². The topological polar surface area (TPSA) is 158 Å². The van der Waals surface area contributed by atoms with Crippen LogP contribution in [0.3, 0.4) is 0 Å². The molecule has 2 aromatic rings. The van der Waals surface area contributed by atoms with Gasteiger partial charge in [0.25, 0.3) is 0 Å². The zero-order valence-electron chi connectivity index (χ0n) is 33.6. The summed E-state index contributed by atoms with van der Waals surface area (Å²) >= 11 is 0. The summed E-state index contributed by atoms with van der Waals surface area (Å²) in [5.41, 5.74) is -1.25. The number of amides is 2. The summed E-state index contributed by atoms with van der Waals surface area (Å²) in [5, 5.41) is 1.62. The fraction of sp³-hybridized carbons (Fsp3) is 0.659. The minimum atomic E-state index is -3.94. The van der Waals surface area contributed by atoms with Gasteiger partial charge in [-0.1, -0.05) is 26.0 Å². The molecule has 6 aliphatic rings. The number of allylic oxidation sites excluding steroid dienone is 2. The number of carbonyl (C=O) groups excluding carboxylic acids is 4. The van der Waals surface area contributed by atoms with Crippen LogP contribution >= 0.6 is 0 Å². The normalized spacial score (nSPS) is 35.2. The number of aromatic nitrogens is 1. The number of ketones is 1. The minimum Gasteiger partial charge on any atom is -0.494 e. The summed E-state index contributed by atoms with van der Waals surface area (Å²) in [4.78, 5) is 63.4. The molecule has 1 saturated heterocycles. The van der Waals surface area contributed by atoms with Crippen LogP contribution in [0.5, 0.6) is 11.6 Å². The first-order chi connectivity index (χ1) is 27.2. The van der Waals surface area contributed by atoms with Crippen LogP contribution in [0.1, 0.15) is 105 Å². The highest BCUT2D eigenvalue weighted by atomic mass is 32.2. The van der Waals surface area contributed by atoms with Crippen LogP contribution in [0, 0.1) is 40.9 Å². The van der Waals surface area contributed by atoms with E-state index in [4.69, 9.17) is 14.2 Å². The van der Waals surface area contributed by atoms with E-state index in [-0.39, 0.29) is 67.3 Å². The third-order valence-electron chi connectivity index (χ3n) is 14.0. The molecule has 13 heteroatoms. The molecule has 2 aliphatic heterocycles. The molecule has 1 N–H and O–H groups in total. The zero-order valence-corrected chi connectivity index (χ0v) is 34.4. The fourth-order valence-electron chi connectivity index (χ4n) is 9.89. The van der Waals surface area contributed by atoms with Crippen LogP contribution in [0.4, 0.5) is 0 Å². The molecule has 1 aromatic heterocycles. The van der Waals surface area contributed by atoms with Crippen molar-refractivity contribution in [1.29, 1.82) is 0 Å². The summed E-state index contributed by atoms with van der Waals surface area (Å²) in [6.45, 7) is 8.31. The van der Waals surface area contributed by atoms with Gasteiger partial charge in [-0.2, -0.15) is 0 Å². The van der Waals surface area contributed by atoms with Crippen LogP contribution in [-0.2, 0) is 33.9 Å². The number of Topliss-reactive ketones (excluding diaryl/α,β-unsaturated/α-hetero) is 1. The lowest BCUT2D eigenvalue weighted by Crippen LogP contribution is -2.48. The Morgan fingerprint density at radius 1 is 1.02 bits per heavy atom. The predicted octanol–water partition coefficient (Wildman–Crippen LogP) is 6.31. The van der Waals surface area contributed by atoms with E-state index in [0.717, 1.165) is 36.5 Å². The van der Waals surface area contributed by atoms with Crippen LogP contribution in [-0.4, -0.2) is 78.0 Å². The lowest BCUT2D eigenvalue weighted by molar-refractivity contribution is -0.155. The molecule has 0 radical (unpaired) electrons. The van der Waals surface area contributed by atoms with E-state index >= 15 is 0 Å². The van der Waals surface area contributed by atoms with Crippen molar-refractivity contribution in [3.05, 3.63) is 42.6 Å². The molecule has 12 nitrogen and oxygen atoms in total. The number of esters is 1. The number of ether oxygens (including phenoxy) is 3. The van der Waals surface area contributed by atoms with Crippen LogP contribution in [0.2, 0.25) is 0 Å². The maximum atomic E-state index is 15.0. The third-order valence-corrected chi connectivity index (χ3v) is 16.1. The summed E-state index contributed by atoms with van der Waals surface area (Å²) in [5.74, 6) is -0.315. The number of hydrogen-bond donors (Lipinski definition) is 1. The number of sulfonamides is 1. The van der Waals surface area contributed by atoms with E-state index in [1.165, 1.54) is 6.42 Å². The second-order valence-electron chi connectivity index (χ2n) is 18.4. The molecule has 5 fully saturated rings. The van der Waals surface area contributed by atoms with E-state index in [1.54, 1.807) is 18.0 Å². The van der Waals surface area contributed by atoms with Gasteiger partial charge in [-0.25, -0.2) is 13.4 Å². The lowest BCUT2D eigenvalue weighted by atomic mass is 9.82. The van der Waals surface area contributed by atoms with E-state index < -0.39 is 44.2 Å². The molecule has 308 valence electrons. The Kier molecular flexibility index (Phi) is 10.7. The molecule has 1 unspecified atom stereocenters. The zero-order chi connectivity index (χ0) is 40.3. The van der Waals surface area contributed by atoms with Crippen LogP contribution < -0.4 is 14.2 Å². The Morgan fingerprint density at radius 3 is 2.53 bits per heavy atom.